The third-order valence-corrected chi connectivity index (χ3v) is 3.57. The van der Waals surface area contributed by atoms with E-state index in [-0.39, 0.29) is 18.6 Å². The fraction of sp³-hybridized carbons (Fsp3) is 0.467. The van der Waals surface area contributed by atoms with Crippen LogP contribution in [0.4, 0.5) is 4.79 Å². The smallest absolute Gasteiger partial charge is 0.318 e. The largest absolute Gasteiger partial charge is 0.481 e. The van der Waals surface area contributed by atoms with Gasteiger partial charge in [0.05, 0.1) is 18.6 Å². The van der Waals surface area contributed by atoms with Crippen molar-refractivity contribution in [1.29, 1.82) is 0 Å². The highest BCUT2D eigenvalue weighted by Crippen LogP contribution is 2.28. The Morgan fingerprint density at radius 2 is 2.19 bits per heavy atom. The standard InChI is InChI=1S/C15H20N2O4/c1-10(9-21-2)16-15(20)17-7-11-5-3-4-6-12(11)13(8-17)14(18)19/h3-6,10,13H,7-9H2,1-2H3,(H,16,20)(H,18,19). The number of benzene rings is 1. The fourth-order valence-corrected chi connectivity index (χ4v) is 2.57. The Hall–Kier alpha value is -2.08. The molecule has 2 atom stereocenters. The summed E-state index contributed by atoms with van der Waals surface area (Å²) >= 11 is 0. The van der Waals surface area contributed by atoms with Gasteiger partial charge in [0.15, 0.2) is 0 Å². The van der Waals surface area contributed by atoms with Crippen molar-refractivity contribution in [3.05, 3.63) is 35.4 Å². The number of hydrogen-bond acceptors (Lipinski definition) is 3. The zero-order valence-electron chi connectivity index (χ0n) is 12.2. The Morgan fingerprint density at radius 3 is 2.86 bits per heavy atom. The summed E-state index contributed by atoms with van der Waals surface area (Å²) in [7, 11) is 1.57. The van der Waals surface area contributed by atoms with Crippen molar-refractivity contribution < 1.29 is 19.4 Å². The summed E-state index contributed by atoms with van der Waals surface area (Å²) in [6.07, 6.45) is 0. The Kier molecular flexibility index (Phi) is 4.80. The van der Waals surface area contributed by atoms with Crippen molar-refractivity contribution in [3.63, 3.8) is 0 Å². The van der Waals surface area contributed by atoms with E-state index in [2.05, 4.69) is 5.32 Å². The zero-order valence-corrected chi connectivity index (χ0v) is 12.2. The van der Waals surface area contributed by atoms with Crippen molar-refractivity contribution >= 4 is 12.0 Å². The van der Waals surface area contributed by atoms with E-state index in [1.54, 1.807) is 7.11 Å². The molecule has 1 heterocycles. The van der Waals surface area contributed by atoms with Gasteiger partial charge in [-0.15, -0.1) is 0 Å². The first kappa shape index (κ1) is 15.3. The first-order valence-corrected chi connectivity index (χ1v) is 6.88. The van der Waals surface area contributed by atoms with Crippen LogP contribution in [0.3, 0.4) is 0 Å². The van der Waals surface area contributed by atoms with Crippen LogP contribution in [0.5, 0.6) is 0 Å². The van der Waals surface area contributed by atoms with Crippen LogP contribution < -0.4 is 5.32 Å². The molecule has 1 aliphatic rings. The number of aliphatic carboxylic acids is 1. The van der Waals surface area contributed by atoms with E-state index < -0.39 is 11.9 Å². The number of nitrogens with zero attached hydrogens (tertiary/aromatic N) is 1. The molecule has 1 aromatic carbocycles. The van der Waals surface area contributed by atoms with Gasteiger partial charge in [0.25, 0.3) is 0 Å². The van der Waals surface area contributed by atoms with E-state index in [1.807, 2.05) is 31.2 Å². The summed E-state index contributed by atoms with van der Waals surface area (Å²) in [5.74, 6) is -1.59. The molecule has 0 radical (unpaired) electrons. The molecule has 2 amide bonds. The molecule has 0 bridgehead atoms. The van der Waals surface area contributed by atoms with E-state index in [0.717, 1.165) is 11.1 Å². The highest BCUT2D eigenvalue weighted by molar-refractivity contribution is 5.81. The zero-order chi connectivity index (χ0) is 15.4. The van der Waals surface area contributed by atoms with Gasteiger partial charge in [0.1, 0.15) is 0 Å². The Morgan fingerprint density at radius 1 is 1.48 bits per heavy atom. The predicted octanol–water partition coefficient (Wildman–Crippen LogP) is 1.41. The third-order valence-electron chi connectivity index (χ3n) is 3.57. The molecule has 21 heavy (non-hydrogen) atoms. The van der Waals surface area contributed by atoms with Gasteiger partial charge in [-0.3, -0.25) is 4.79 Å². The Bertz CT molecular complexity index is 532. The number of nitrogens with one attached hydrogen (secondary N) is 1. The van der Waals surface area contributed by atoms with Crippen LogP contribution in [0.2, 0.25) is 0 Å². The van der Waals surface area contributed by atoms with E-state index in [1.165, 1.54) is 4.90 Å². The minimum atomic E-state index is -0.912. The quantitative estimate of drug-likeness (QED) is 0.879. The number of carbonyl (C=O) groups is 2. The topological polar surface area (TPSA) is 78.9 Å². The SMILES string of the molecule is COCC(C)NC(=O)N1Cc2ccccc2C(C(=O)O)C1. The summed E-state index contributed by atoms with van der Waals surface area (Å²) in [4.78, 5) is 25.2. The summed E-state index contributed by atoms with van der Waals surface area (Å²) in [6, 6.07) is 6.97. The summed E-state index contributed by atoms with van der Waals surface area (Å²) in [6.45, 7) is 2.86. The number of carboxylic acid groups (broad SMARTS) is 1. The van der Waals surface area contributed by atoms with Gasteiger partial charge >= 0.3 is 12.0 Å². The van der Waals surface area contributed by atoms with Crippen molar-refractivity contribution in [2.75, 3.05) is 20.3 Å². The molecular formula is C15H20N2O4. The molecule has 0 aromatic heterocycles. The number of urea groups is 1. The van der Waals surface area contributed by atoms with Crippen LogP contribution in [-0.2, 0) is 16.1 Å². The molecule has 1 aliphatic heterocycles. The maximum absolute atomic E-state index is 12.2. The summed E-state index contributed by atoms with van der Waals surface area (Å²) in [5, 5.41) is 12.2. The molecule has 0 spiro atoms. The first-order valence-electron chi connectivity index (χ1n) is 6.88. The van der Waals surface area contributed by atoms with Gasteiger partial charge in [0, 0.05) is 20.2 Å². The van der Waals surface area contributed by atoms with Crippen LogP contribution in [0, 0.1) is 0 Å². The average Bonchev–Trinajstić information content (AvgIpc) is 2.46. The lowest BCUT2D eigenvalue weighted by Gasteiger charge is -2.33. The minimum absolute atomic E-state index is 0.122. The molecule has 6 heteroatoms. The van der Waals surface area contributed by atoms with E-state index >= 15 is 0 Å². The molecule has 0 saturated heterocycles. The lowest BCUT2D eigenvalue weighted by molar-refractivity contribution is -0.139. The lowest BCUT2D eigenvalue weighted by atomic mass is 9.90. The van der Waals surface area contributed by atoms with E-state index in [9.17, 15) is 14.7 Å². The Balaban J connectivity index is 2.14. The maximum atomic E-state index is 12.2. The monoisotopic (exact) mass is 292 g/mol. The molecule has 2 rings (SSSR count). The second kappa shape index (κ2) is 6.58. The van der Waals surface area contributed by atoms with Crippen LogP contribution in [0.15, 0.2) is 24.3 Å². The minimum Gasteiger partial charge on any atom is -0.481 e. The van der Waals surface area contributed by atoms with Gasteiger partial charge in [0.2, 0.25) is 0 Å². The lowest BCUT2D eigenvalue weighted by Crippen LogP contribution is -2.48. The third kappa shape index (κ3) is 3.52. The van der Waals surface area contributed by atoms with Crippen molar-refractivity contribution in [2.24, 2.45) is 0 Å². The van der Waals surface area contributed by atoms with Crippen LogP contribution in [0.25, 0.3) is 0 Å². The number of hydrogen-bond donors (Lipinski definition) is 2. The number of rotatable bonds is 4. The molecule has 6 nitrogen and oxygen atoms in total. The van der Waals surface area contributed by atoms with Crippen LogP contribution in [0.1, 0.15) is 24.0 Å². The highest BCUT2D eigenvalue weighted by atomic mass is 16.5. The average molecular weight is 292 g/mol. The van der Waals surface area contributed by atoms with Crippen LogP contribution >= 0.6 is 0 Å². The van der Waals surface area contributed by atoms with Gasteiger partial charge in [-0.1, -0.05) is 24.3 Å². The number of carboxylic acids is 1. The number of carbonyl (C=O) groups excluding carboxylic acids is 1. The number of amides is 2. The molecule has 0 aliphatic carbocycles. The maximum Gasteiger partial charge on any atom is 0.318 e. The normalized spacial score (nSPS) is 18.8. The van der Waals surface area contributed by atoms with Crippen LogP contribution in [-0.4, -0.2) is 48.3 Å². The number of fused-ring (bicyclic) bond motifs is 1. The molecule has 2 N–H and O–H groups in total. The molecule has 1 aromatic rings. The summed E-state index contributed by atoms with van der Waals surface area (Å²) in [5.41, 5.74) is 1.67. The first-order chi connectivity index (χ1) is 10.0. The Labute approximate surface area is 123 Å². The van der Waals surface area contributed by atoms with E-state index in [4.69, 9.17) is 4.74 Å². The van der Waals surface area contributed by atoms with Gasteiger partial charge in [-0.25, -0.2) is 4.79 Å². The molecule has 114 valence electrons. The second-order valence-electron chi connectivity index (χ2n) is 5.28. The summed E-state index contributed by atoms with van der Waals surface area (Å²) < 4.78 is 4.98. The molecule has 0 fully saturated rings. The molecular weight excluding hydrogens is 272 g/mol. The molecule has 0 saturated carbocycles. The predicted molar refractivity (Wildman–Crippen MR) is 77.1 cm³/mol. The van der Waals surface area contributed by atoms with Crippen molar-refractivity contribution in [2.45, 2.75) is 25.4 Å². The highest BCUT2D eigenvalue weighted by Gasteiger charge is 2.32. The van der Waals surface area contributed by atoms with Gasteiger partial charge < -0.3 is 20.1 Å². The van der Waals surface area contributed by atoms with Gasteiger partial charge in [-0.2, -0.15) is 0 Å². The number of ether oxygens (including phenoxy) is 1. The fourth-order valence-electron chi connectivity index (χ4n) is 2.57. The second-order valence-corrected chi connectivity index (χ2v) is 5.28. The van der Waals surface area contributed by atoms with Crippen molar-refractivity contribution in [3.8, 4) is 0 Å². The van der Waals surface area contributed by atoms with E-state index in [0.29, 0.717) is 13.2 Å². The molecule has 2 unspecified atom stereocenters. The number of methoxy groups -OCH3 is 1. The van der Waals surface area contributed by atoms with Crippen molar-refractivity contribution in [1.82, 2.24) is 10.2 Å². The van der Waals surface area contributed by atoms with Gasteiger partial charge in [-0.05, 0) is 18.1 Å².